The first-order valence-corrected chi connectivity index (χ1v) is 7.34. The molecule has 5 nitrogen and oxygen atoms in total. The minimum Gasteiger partial charge on any atom is -0.478 e. The Bertz CT molecular complexity index is 706. The highest BCUT2D eigenvalue weighted by molar-refractivity contribution is 14.1. The largest absolute Gasteiger partial charge is 0.478 e. The monoisotopic (exact) mass is 399 g/mol. The van der Waals surface area contributed by atoms with Crippen molar-refractivity contribution in [2.24, 2.45) is 0 Å². The quantitative estimate of drug-likeness (QED) is 0.775. The van der Waals surface area contributed by atoms with Gasteiger partial charge in [0.2, 0.25) is 0 Å². The summed E-state index contributed by atoms with van der Waals surface area (Å²) in [6, 6.07) is 6.94. The number of rotatable bonds is 4. The van der Waals surface area contributed by atoms with E-state index < -0.39 is 5.97 Å². The molecule has 0 atom stereocenters. The standard InChI is InChI=1S/C15H14INO4/c1-8-4-3-5-11(13(8)16)14(18)17-7-10-6-12(15(19)20)9(2)21-10/h3-6H,7H2,1-2H3,(H,17,18)(H,19,20). The van der Waals surface area contributed by atoms with Gasteiger partial charge in [-0.15, -0.1) is 0 Å². The van der Waals surface area contributed by atoms with Crippen LogP contribution in [0, 0.1) is 17.4 Å². The van der Waals surface area contributed by atoms with Crippen molar-refractivity contribution < 1.29 is 19.1 Å². The van der Waals surface area contributed by atoms with E-state index in [1.165, 1.54) is 6.07 Å². The summed E-state index contributed by atoms with van der Waals surface area (Å²) in [4.78, 5) is 23.1. The van der Waals surface area contributed by atoms with Crippen LogP contribution in [0.3, 0.4) is 0 Å². The van der Waals surface area contributed by atoms with Gasteiger partial charge in [-0.2, -0.15) is 0 Å². The van der Waals surface area contributed by atoms with Crippen LogP contribution in [0.1, 0.15) is 37.8 Å². The number of aromatic carboxylic acids is 1. The lowest BCUT2D eigenvalue weighted by Gasteiger charge is -2.07. The lowest BCUT2D eigenvalue weighted by atomic mass is 10.1. The minimum absolute atomic E-state index is 0.115. The predicted molar refractivity (Wildman–Crippen MR) is 85.5 cm³/mol. The average Bonchev–Trinajstić information content (AvgIpc) is 2.80. The van der Waals surface area contributed by atoms with Gasteiger partial charge in [0.05, 0.1) is 12.1 Å². The number of carbonyl (C=O) groups is 2. The third-order valence-electron chi connectivity index (χ3n) is 3.06. The number of halogens is 1. The molecule has 0 aliphatic rings. The average molecular weight is 399 g/mol. The van der Waals surface area contributed by atoms with Crippen LogP contribution in [-0.2, 0) is 6.54 Å². The van der Waals surface area contributed by atoms with Crippen molar-refractivity contribution in [1.82, 2.24) is 5.32 Å². The molecular weight excluding hydrogens is 385 g/mol. The summed E-state index contributed by atoms with van der Waals surface area (Å²) in [5, 5.41) is 11.7. The normalized spacial score (nSPS) is 10.4. The Hall–Kier alpha value is -1.83. The van der Waals surface area contributed by atoms with E-state index >= 15 is 0 Å². The van der Waals surface area contributed by atoms with Gasteiger partial charge in [0.25, 0.3) is 5.91 Å². The number of nitrogens with one attached hydrogen (secondary N) is 1. The molecular formula is C15H14INO4. The molecule has 0 saturated heterocycles. The molecule has 0 fully saturated rings. The second-order valence-electron chi connectivity index (χ2n) is 4.61. The Morgan fingerprint density at radius 3 is 2.62 bits per heavy atom. The topological polar surface area (TPSA) is 79.5 Å². The van der Waals surface area contributed by atoms with Gasteiger partial charge >= 0.3 is 5.97 Å². The molecule has 0 spiro atoms. The molecule has 6 heteroatoms. The molecule has 0 unspecified atom stereocenters. The van der Waals surface area contributed by atoms with E-state index in [0.29, 0.717) is 17.1 Å². The number of hydrogen-bond donors (Lipinski definition) is 2. The second kappa shape index (κ2) is 6.30. The van der Waals surface area contributed by atoms with E-state index in [1.54, 1.807) is 13.0 Å². The first kappa shape index (κ1) is 15.6. The molecule has 0 bridgehead atoms. The summed E-state index contributed by atoms with van der Waals surface area (Å²) in [5.74, 6) is -0.506. The fraction of sp³-hybridized carbons (Fsp3) is 0.200. The highest BCUT2D eigenvalue weighted by atomic mass is 127. The maximum Gasteiger partial charge on any atom is 0.339 e. The van der Waals surface area contributed by atoms with E-state index in [-0.39, 0.29) is 18.0 Å². The molecule has 0 aliphatic heterocycles. The molecule has 1 aromatic heterocycles. The molecule has 0 saturated carbocycles. The molecule has 21 heavy (non-hydrogen) atoms. The van der Waals surface area contributed by atoms with Gasteiger partial charge in [0.15, 0.2) is 0 Å². The lowest BCUT2D eigenvalue weighted by molar-refractivity contribution is 0.0694. The van der Waals surface area contributed by atoms with Gasteiger partial charge in [-0.1, -0.05) is 12.1 Å². The van der Waals surface area contributed by atoms with Crippen molar-refractivity contribution in [3.05, 3.63) is 56.0 Å². The zero-order valence-electron chi connectivity index (χ0n) is 11.6. The third-order valence-corrected chi connectivity index (χ3v) is 4.49. The lowest BCUT2D eigenvalue weighted by Crippen LogP contribution is -2.23. The number of hydrogen-bond acceptors (Lipinski definition) is 3. The van der Waals surface area contributed by atoms with Gasteiger partial charge in [0.1, 0.15) is 17.1 Å². The Morgan fingerprint density at radius 1 is 1.29 bits per heavy atom. The summed E-state index contributed by atoms with van der Waals surface area (Å²) in [6.07, 6.45) is 0. The Labute approximate surface area is 135 Å². The van der Waals surface area contributed by atoms with Crippen LogP contribution in [-0.4, -0.2) is 17.0 Å². The first-order chi connectivity index (χ1) is 9.90. The van der Waals surface area contributed by atoms with Gasteiger partial charge in [-0.05, 0) is 54.1 Å². The van der Waals surface area contributed by atoms with E-state index in [2.05, 4.69) is 27.9 Å². The van der Waals surface area contributed by atoms with Crippen molar-refractivity contribution in [2.45, 2.75) is 20.4 Å². The van der Waals surface area contributed by atoms with E-state index in [1.807, 2.05) is 19.1 Å². The van der Waals surface area contributed by atoms with Crippen LogP contribution < -0.4 is 5.32 Å². The van der Waals surface area contributed by atoms with Gasteiger partial charge < -0.3 is 14.8 Å². The molecule has 110 valence electrons. The van der Waals surface area contributed by atoms with Crippen LogP contribution in [0.5, 0.6) is 0 Å². The maximum atomic E-state index is 12.1. The molecule has 0 radical (unpaired) electrons. The van der Waals surface area contributed by atoms with Crippen LogP contribution in [0.2, 0.25) is 0 Å². The summed E-state index contributed by atoms with van der Waals surface area (Å²) < 4.78 is 6.22. The van der Waals surface area contributed by atoms with Gasteiger partial charge in [-0.25, -0.2) is 4.79 Å². The maximum absolute atomic E-state index is 12.1. The first-order valence-electron chi connectivity index (χ1n) is 6.26. The van der Waals surface area contributed by atoms with Gasteiger partial charge in [-0.3, -0.25) is 4.79 Å². The molecule has 1 amide bonds. The number of amides is 1. The highest BCUT2D eigenvalue weighted by Crippen LogP contribution is 2.17. The molecule has 1 heterocycles. The molecule has 2 N–H and O–H groups in total. The van der Waals surface area contributed by atoms with Crippen LogP contribution in [0.4, 0.5) is 0 Å². The Kier molecular flexibility index (Phi) is 4.66. The SMILES string of the molecule is Cc1cccc(C(=O)NCc2cc(C(=O)O)c(C)o2)c1I. The van der Waals surface area contributed by atoms with Crippen LogP contribution in [0.15, 0.2) is 28.7 Å². The highest BCUT2D eigenvalue weighted by Gasteiger charge is 2.15. The summed E-state index contributed by atoms with van der Waals surface area (Å²) >= 11 is 2.13. The fourth-order valence-electron chi connectivity index (χ4n) is 1.93. The zero-order valence-corrected chi connectivity index (χ0v) is 13.7. The van der Waals surface area contributed by atoms with Crippen LogP contribution in [0.25, 0.3) is 0 Å². The second-order valence-corrected chi connectivity index (χ2v) is 5.69. The molecule has 0 aliphatic carbocycles. The fourth-order valence-corrected chi connectivity index (χ4v) is 2.53. The van der Waals surface area contributed by atoms with Crippen LogP contribution >= 0.6 is 22.6 Å². The van der Waals surface area contributed by atoms with Crippen molar-refractivity contribution in [1.29, 1.82) is 0 Å². The van der Waals surface area contributed by atoms with E-state index in [0.717, 1.165) is 9.13 Å². The molecule has 2 aromatic rings. The zero-order chi connectivity index (χ0) is 15.6. The van der Waals surface area contributed by atoms with E-state index in [4.69, 9.17) is 9.52 Å². The smallest absolute Gasteiger partial charge is 0.339 e. The number of carbonyl (C=O) groups excluding carboxylic acids is 1. The number of carboxylic acids is 1. The number of furan rings is 1. The van der Waals surface area contributed by atoms with Gasteiger partial charge in [0, 0.05) is 3.57 Å². The predicted octanol–water partition coefficient (Wildman–Crippen LogP) is 3.13. The van der Waals surface area contributed by atoms with Crippen molar-refractivity contribution in [3.63, 3.8) is 0 Å². The van der Waals surface area contributed by atoms with Crippen molar-refractivity contribution >= 4 is 34.5 Å². The summed E-state index contributed by atoms with van der Waals surface area (Å²) in [5.41, 5.74) is 1.74. The van der Waals surface area contributed by atoms with Crippen molar-refractivity contribution in [2.75, 3.05) is 0 Å². The Balaban J connectivity index is 2.09. The number of carboxylic acid groups (broad SMARTS) is 1. The Morgan fingerprint density at radius 2 is 2.00 bits per heavy atom. The van der Waals surface area contributed by atoms with E-state index in [9.17, 15) is 9.59 Å². The summed E-state index contributed by atoms with van der Waals surface area (Å²) in [6.45, 7) is 3.67. The third kappa shape index (κ3) is 3.44. The minimum atomic E-state index is -1.04. The number of benzene rings is 1. The number of aryl methyl sites for hydroxylation is 2. The summed E-state index contributed by atoms with van der Waals surface area (Å²) in [7, 11) is 0. The van der Waals surface area contributed by atoms with Crippen molar-refractivity contribution in [3.8, 4) is 0 Å². The molecule has 1 aromatic carbocycles. The molecule has 2 rings (SSSR count).